The SMILES string of the molecule is CC(C)c1cc(NCCOCC(N)=O)ncn1. The van der Waals surface area contributed by atoms with E-state index in [9.17, 15) is 4.79 Å². The number of carbonyl (C=O) groups excluding carboxylic acids is 1. The summed E-state index contributed by atoms with van der Waals surface area (Å²) in [6.45, 7) is 5.07. The third-order valence-electron chi connectivity index (χ3n) is 2.08. The molecule has 1 aromatic rings. The maximum absolute atomic E-state index is 10.4. The number of nitrogens with zero attached hydrogens (tertiary/aromatic N) is 2. The zero-order valence-electron chi connectivity index (χ0n) is 10.1. The van der Waals surface area contributed by atoms with Crippen molar-refractivity contribution in [2.75, 3.05) is 25.1 Å². The minimum absolute atomic E-state index is 0.0529. The molecule has 0 aliphatic rings. The molecular weight excluding hydrogens is 220 g/mol. The largest absolute Gasteiger partial charge is 0.370 e. The molecule has 0 spiro atoms. The number of aromatic nitrogens is 2. The Balaban J connectivity index is 2.31. The first-order valence-corrected chi connectivity index (χ1v) is 5.51. The van der Waals surface area contributed by atoms with E-state index in [1.165, 1.54) is 6.33 Å². The molecule has 0 aromatic carbocycles. The number of ether oxygens (including phenoxy) is 1. The molecule has 1 rings (SSSR count). The van der Waals surface area contributed by atoms with Crippen molar-refractivity contribution in [2.45, 2.75) is 19.8 Å². The zero-order chi connectivity index (χ0) is 12.7. The van der Waals surface area contributed by atoms with E-state index in [1.807, 2.05) is 6.07 Å². The highest BCUT2D eigenvalue weighted by atomic mass is 16.5. The molecule has 0 aliphatic heterocycles. The standard InChI is InChI=1S/C11H18N4O2/c1-8(2)9-5-11(15-7-14-9)13-3-4-17-6-10(12)16/h5,7-8H,3-4,6H2,1-2H3,(H2,12,16)(H,13,14,15). The van der Waals surface area contributed by atoms with E-state index in [0.29, 0.717) is 19.1 Å². The van der Waals surface area contributed by atoms with Gasteiger partial charge in [0.1, 0.15) is 18.8 Å². The highest BCUT2D eigenvalue weighted by molar-refractivity contribution is 5.74. The van der Waals surface area contributed by atoms with Gasteiger partial charge in [-0.3, -0.25) is 4.79 Å². The molecule has 6 heteroatoms. The average Bonchev–Trinajstić information content (AvgIpc) is 2.28. The van der Waals surface area contributed by atoms with E-state index in [-0.39, 0.29) is 6.61 Å². The number of nitrogens with one attached hydrogen (secondary N) is 1. The molecular formula is C11H18N4O2. The second-order valence-corrected chi connectivity index (χ2v) is 3.93. The number of amides is 1. The number of carbonyl (C=O) groups is 1. The van der Waals surface area contributed by atoms with Crippen molar-refractivity contribution in [3.8, 4) is 0 Å². The Morgan fingerprint density at radius 3 is 2.94 bits per heavy atom. The zero-order valence-corrected chi connectivity index (χ0v) is 10.1. The lowest BCUT2D eigenvalue weighted by Crippen LogP contribution is -2.20. The van der Waals surface area contributed by atoms with E-state index in [4.69, 9.17) is 10.5 Å². The summed E-state index contributed by atoms with van der Waals surface area (Å²) in [6.07, 6.45) is 1.53. The van der Waals surface area contributed by atoms with Crippen molar-refractivity contribution >= 4 is 11.7 Å². The molecule has 0 fully saturated rings. The van der Waals surface area contributed by atoms with Crippen molar-refractivity contribution in [2.24, 2.45) is 5.73 Å². The summed E-state index contributed by atoms with van der Waals surface area (Å²) in [4.78, 5) is 18.7. The van der Waals surface area contributed by atoms with Crippen molar-refractivity contribution in [3.63, 3.8) is 0 Å². The monoisotopic (exact) mass is 238 g/mol. The molecule has 0 unspecified atom stereocenters. The van der Waals surface area contributed by atoms with Crippen LogP contribution in [0, 0.1) is 0 Å². The van der Waals surface area contributed by atoms with Crippen LogP contribution in [0.5, 0.6) is 0 Å². The lowest BCUT2D eigenvalue weighted by Gasteiger charge is -2.08. The van der Waals surface area contributed by atoms with Gasteiger partial charge in [0.25, 0.3) is 0 Å². The molecule has 0 saturated heterocycles. The van der Waals surface area contributed by atoms with Gasteiger partial charge in [-0.05, 0) is 5.92 Å². The summed E-state index contributed by atoms with van der Waals surface area (Å²) in [6, 6.07) is 1.90. The molecule has 0 aliphatic carbocycles. The molecule has 6 nitrogen and oxygen atoms in total. The van der Waals surface area contributed by atoms with Crippen LogP contribution in [0.2, 0.25) is 0 Å². The van der Waals surface area contributed by atoms with E-state index >= 15 is 0 Å². The van der Waals surface area contributed by atoms with Crippen molar-refractivity contribution in [1.82, 2.24) is 9.97 Å². The second-order valence-electron chi connectivity index (χ2n) is 3.93. The Kier molecular flexibility index (Phi) is 5.35. The van der Waals surface area contributed by atoms with Gasteiger partial charge in [0.2, 0.25) is 5.91 Å². The van der Waals surface area contributed by atoms with Crippen LogP contribution in [0.25, 0.3) is 0 Å². The van der Waals surface area contributed by atoms with E-state index in [2.05, 4.69) is 29.1 Å². The molecule has 1 aromatic heterocycles. The third kappa shape index (κ3) is 5.26. The van der Waals surface area contributed by atoms with Crippen molar-refractivity contribution < 1.29 is 9.53 Å². The first-order valence-electron chi connectivity index (χ1n) is 5.51. The molecule has 17 heavy (non-hydrogen) atoms. The molecule has 0 atom stereocenters. The van der Waals surface area contributed by atoms with Crippen LogP contribution in [0.3, 0.4) is 0 Å². The van der Waals surface area contributed by atoms with Crippen LogP contribution in [0.15, 0.2) is 12.4 Å². The second kappa shape index (κ2) is 6.80. The minimum Gasteiger partial charge on any atom is -0.370 e. The van der Waals surface area contributed by atoms with Gasteiger partial charge < -0.3 is 15.8 Å². The number of nitrogens with two attached hydrogens (primary N) is 1. The molecule has 94 valence electrons. The number of rotatable bonds is 7. The van der Waals surface area contributed by atoms with E-state index < -0.39 is 5.91 Å². The lowest BCUT2D eigenvalue weighted by molar-refractivity contribution is -0.122. The summed E-state index contributed by atoms with van der Waals surface area (Å²) < 4.78 is 5.01. The third-order valence-corrected chi connectivity index (χ3v) is 2.08. The summed E-state index contributed by atoms with van der Waals surface area (Å²) >= 11 is 0. The molecule has 1 heterocycles. The Hall–Kier alpha value is -1.69. The summed E-state index contributed by atoms with van der Waals surface area (Å²) in [5.74, 6) is 0.658. The number of primary amides is 1. The van der Waals surface area contributed by atoms with Crippen molar-refractivity contribution in [1.29, 1.82) is 0 Å². The Morgan fingerprint density at radius 2 is 2.29 bits per heavy atom. The van der Waals surface area contributed by atoms with Gasteiger partial charge in [0.05, 0.1) is 6.61 Å². The summed E-state index contributed by atoms with van der Waals surface area (Å²) in [7, 11) is 0. The highest BCUT2D eigenvalue weighted by Gasteiger charge is 2.02. The maximum atomic E-state index is 10.4. The van der Waals surface area contributed by atoms with Crippen LogP contribution in [-0.4, -0.2) is 35.6 Å². The van der Waals surface area contributed by atoms with E-state index in [1.54, 1.807) is 0 Å². The van der Waals surface area contributed by atoms with Crippen LogP contribution < -0.4 is 11.1 Å². The van der Waals surface area contributed by atoms with Gasteiger partial charge in [0, 0.05) is 18.3 Å². The number of hydrogen-bond acceptors (Lipinski definition) is 5. The van der Waals surface area contributed by atoms with Gasteiger partial charge in [-0.15, -0.1) is 0 Å². The van der Waals surface area contributed by atoms with Crippen LogP contribution >= 0.6 is 0 Å². The molecule has 0 bridgehead atoms. The Bertz CT molecular complexity index is 368. The van der Waals surface area contributed by atoms with Gasteiger partial charge in [-0.1, -0.05) is 13.8 Å². The molecule has 1 amide bonds. The van der Waals surface area contributed by atoms with E-state index in [0.717, 1.165) is 11.5 Å². The Morgan fingerprint density at radius 1 is 1.53 bits per heavy atom. The predicted molar refractivity (Wildman–Crippen MR) is 64.6 cm³/mol. The summed E-state index contributed by atoms with van der Waals surface area (Å²) in [5.41, 5.74) is 5.92. The average molecular weight is 238 g/mol. The topological polar surface area (TPSA) is 90.1 Å². The highest BCUT2D eigenvalue weighted by Crippen LogP contribution is 2.13. The van der Waals surface area contributed by atoms with Crippen LogP contribution in [0.1, 0.15) is 25.5 Å². The van der Waals surface area contributed by atoms with Crippen molar-refractivity contribution in [3.05, 3.63) is 18.1 Å². The Labute approximate surface area is 101 Å². The quantitative estimate of drug-likeness (QED) is 0.676. The fourth-order valence-electron chi connectivity index (χ4n) is 1.21. The maximum Gasteiger partial charge on any atom is 0.243 e. The minimum atomic E-state index is -0.464. The first-order chi connectivity index (χ1) is 8.09. The molecule has 0 radical (unpaired) electrons. The number of anilines is 1. The molecule has 0 saturated carbocycles. The number of hydrogen-bond donors (Lipinski definition) is 2. The van der Waals surface area contributed by atoms with Gasteiger partial charge in [0.15, 0.2) is 0 Å². The smallest absolute Gasteiger partial charge is 0.243 e. The fraction of sp³-hybridized carbons (Fsp3) is 0.545. The van der Waals surface area contributed by atoms with Gasteiger partial charge in [-0.25, -0.2) is 9.97 Å². The first kappa shape index (κ1) is 13.4. The van der Waals surface area contributed by atoms with Crippen LogP contribution in [-0.2, 0) is 9.53 Å². The van der Waals surface area contributed by atoms with Crippen LogP contribution in [0.4, 0.5) is 5.82 Å². The van der Waals surface area contributed by atoms with Gasteiger partial charge in [-0.2, -0.15) is 0 Å². The van der Waals surface area contributed by atoms with Gasteiger partial charge >= 0.3 is 0 Å². The summed E-state index contributed by atoms with van der Waals surface area (Å²) in [5, 5.41) is 3.09. The normalized spacial score (nSPS) is 10.5. The lowest BCUT2D eigenvalue weighted by atomic mass is 10.1. The molecule has 3 N–H and O–H groups in total. The fourth-order valence-corrected chi connectivity index (χ4v) is 1.21. The predicted octanol–water partition coefficient (Wildman–Crippen LogP) is 0.514.